The number of amides is 3. The largest absolute Gasteiger partial charge is 0.448 e. The number of nitrogens with zero attached hydrogens (tertiary/aromatic N) is 1. The average Bonchev–Trinajstić information content (AvgIpc) is 3.08. The van der Waals surface area contributed by atoms with Crippen molar-refractivity contribution in [3.8, 4) is 0 Å². The second-order valence-electron chi connectivity index (χ2n) is 5.34. The molecule has 7 heteroatoms. The summed E-state index contributed by atoms with van der Waals surface area (Å²) in [6.45, 7) is 2.41. The maximum Gasteiger partial charge on any atom is 0.407 e. The molecule has 0 spiro atoms. The van der Waals surface area contributed by atoms with Gasteiger partial charge in [-0.05, 0) is 19.8 Å². The number of fused-ring (bicyclic) bond motifs is 5. The highest BCUT2D eigenvalue weighted by molar-refractivity contribution is 6.06. The molecule has 1 N–H and O–H groups in total. The number of nitrogens with one attached hydrogen (secondary N) is 1. The first kappa shape index (κ1) is 13.4. The van der Waals surface area contributed by atoms with Crippen molar-refractivity contribution in [1.29, 1.82) is 0 Å². The van der Waals surface area contributed by atoms with Crippen molar-refractivity contribution < 1.29 is 23.9 Å². The highest BCUT2D eigenvalue weighted by Crippen LogP contribution is 2.48. The average molecular weight is 282 g/mol. The fourth-order valence-corrected chi connectivity index (χ4v) is 3.42. The Bertz CT molecular complexity index is 424. The molecule has 3 heterocycles. The van der Waals surface area contributed by atoms with Crippen LogP contribution in [-0.4, -0.2) is 54.7 Å². The van der Waals surface area contributed by atoms with Gasteiger partial charge in [-0.1, -0.05) is 0 Å². The van der Waals surface area contributed by atoms with Gasteiger partial charge in [-0.15, -0.1) is 0 Å². The summed E-state index contributed by atoms with van der Waals surface area (Å²) >= 11 is 0. The standard InChI is InChI=1S/C13H18N2O5/c1-2-14-13(18)19-6-5-15-11(16)9-7-3-4-8(20-7)10(9)12(15)17/h7-10H,2-6H2,1H3,(H,14,18). The zero-order chi connectivity index (χ0) is 14.3. The number of imide groups is 1. The van der Waals surface area contributed by atoms with Crippen LogP contribution < -0.4 is 5.32 Å². The van der Waals surface area contributed by atoms with E-state index in [0.29, 0.717) is 6.54 Å². The number of carbonyl (C=O) groups is 3. The second-order valence-corrected chi connectivity index (χ2v) is 5.34. The number of ether oxygens (including phenoxy) is 2. The maximum atomic E-state index is 12.3. The minimum atomic E-state index is -0.532. The SMILES string of the molecule is CCNC(=O)OCCN1C(=O)C2C3CCC(O3)C2C1=O. The molecule has 7 nitrogen and oxygen atoms in total. The molecule has 0 aromatic rings. The van der Waals surface area contributed by atoms with Crippen LogP contribution in [0.25, 0.3) is 0 Å². The summed E-state index contributed by atoms with van der Waals surface area (Å²) < 4.78 is 10.5. The summed E-state index contributed by atoms with van der Waals surface area (Å²) in [5.41, 5.74) is 0. The molecule has 3 fully saturated rings. The third-order valence-electron chi connectivity index (χ3n) is 4.24. The molecule has 110 valence electrons. The summed E-state index contributed by atoms with van der Waals surface area (Å²) in [4.78, 5) is 36.9. The van der Waals surface area contributed by atoms with Crippen LogP contribution in [-0.2, 0) is 19.1 Å². The Hall–Kier alpha value is -1.63. The number of likely N-dealkylation sites (tertiary alicyclic amines) is 1. The number of carbonyl (C=O) groups excluding carboxylic acids is 3. The van der Waals surface area contributed by atoms with Crippen molar-refractivity contribution in [3.05, 3.63) is 0 Å². The van der Waals surface area contributed by atoms with E-state index in [4.69, 9.17) is 9.47 Å². The summed E-state index contributed by atoms with van der Waals surface area (Å²) in [5.74, 6) is -0.977. The van der Waals surface area contributed by atoms with Gasteiger partial charge in [-0.2, -0.15) is 0 Å². The minimum absolute atomic E-state index is 0.0267. The van der Waals surface area contributed by atoms with Crippen LogP contribution in [0.1, 0.15) is 19.8 Å². The molecule has 3 amide bonds. The lowest BCUT2D eigenvalue weighted by Crippen LogP contribution is -2.37. The first-order valence-corrected chi connectivity index (χ1v) is 7.04. The van der Waals surface area contributed by atoms with Gasteiger partial charge >= 0.3 is 6.09 Å². The molecule has 20 heavy (non-hydrogen) atoms. The molecular formula is C13H18N2O5. The van der Waals surface area contributed by atoms with Gasteiger partial charge in [0.05, 0.1) is 30.6 Å². The Morgan fingerprint density at radius 2 is 1.90 bits per heavy atom. The quantitative estimate of drug-likeness (QED) is 0.728. The van der Waals surface area contributed by atoms with Gasteiger partial charge in [-0.3, -0.25) is 14.5 Å². The first-order chi connectivity index (χ1) is 9.63. The van der Waals surface area contributed by atoms with Gasteiger partial charge < -0.3 is 14.8 Å². The Morgan fingerprint density at radius 3 is 2.45 bits per heavy atom. The lowest BCUT2D eigenvalue weighted by atomic mass is 9.81. The topological polar surface area (TPSA) is 84.9 Å². The third-order valence-corrected chi connectivity index (χ3v) is 4.24. The van der Waals surface area contributed by atoms with Gasteiger partial charge in [0.2, 0.25) is 11.8 Å². The van der Waals surface area contributed by atoms with E-state index >= 15 is 0 Å². The van der Waals surface area contributed by atoms with Crippen LogP contribution in [0.4, 0.5) is 4.79 Å². The molecule has 3 rings (SSSR count). The van der Waals surface area contributed by atoms with Gasteiger partial charge in [-0.25, -0.2) is 4.79 Å². The highest BCUT2D eigenvalue weighted by Gasteiger charge is 2.62. The molecule has 4 unspecified atom stereocenters. The smallest absolute Gasteiger partial charge is 0.407 e. The summed E-state index contributed by atoms with van der Waals surface area (Å²) in [6, 6.07) is 0. The van der Waals surface area contributed by atoms with Crippen molar-refractivity contribution in [2.75, 3.05) is 19.7 Å². The van der Waals surface area contributed by atoms with E-state index in [-0.39, 0.29) is 49.0 Å². The van der Waals surface area contributed by atoms with E-state index < -0.39 is 6.09 Å². The monoisotopic (exact) mass is 282 g/mol. The highest BCUT2D eigenvalue weighted by atomic mass is 16.5. The number of hydrogen-bond acceptors (Lipinski definition) is 5. The van der Waals surface area contributed by atoms with Crippen molar-refractivity contribution in [2.24, 2.45) is 11.8 Å². The van der Waals surface area contributed by atoms with Crippen LogP contribution in [0.5, 0.6) is 0 Å². The molecule has 0 aromatic heterocycles. The lowest BCUT2D eigenvalue weighted by molar-refractivity contribution is -0.143. The van der Waals surface area contributed by atoms with Crippen LogP contribution in [0, 0.1) is 11.8 Å². The van der Waals surface area contributed by atoms with Crippen molar-refractivity contribution in [2.45, 2.75) is 32.0 Å². The van der Waals surface area contributed by atoms with Crippen molar-refractivity contribution in [3.63, 3.8) is 0 Å². The van der Waals surface area contributed by atoms with Crippen LogP contribution >= 0.6 is 0 Å². The van der Waals surface area contributed by atoms with Crippen LogP contribution in [0.2, 0.25) is 0 Å². The predicted molar refractivity (Wildman–Crippen MR) is 66.6 cm³/mol. The van der Waals surface area contributed by atoms with E-state index in [2.05, 4.69) is 5.32 Å². The zero-order valence-corrected chi connectivity index (χ0v) is 11.3. The van der Waals surface area contributed by atoms with E-state index in [1.54, 1.807) is 6.92 Å². The second kappa shape index (κ2) is 5.05. The zero-order valence-electron chi connectivity index (χ0n) is 11.3. The molecule has 0 radical (unpaired) electrons. The summed E-state index contributed by atoms with van der Waals surface area (Å²) in [5, 5.41) is 2.49. The van der Waals surface area contributed by atoms with E-state index in [1.165, 1.54) is 4.90 Å². The third kappa shape index (κ3) is 1.96. The van der Waals surface area contributed by atoms with Gasteiger partial charge in [0.15, 0.2) is 0 Å². The molecule has 2 bridgehead atoms. The van der Waals surface area contributed by atoms with E-state index in [9.17, 15) is 14.4 Å². The van der Waals surface area contributed by atoms with Gasteiger partial charge in [0.1, 0.15) is 6.61 Å². The molecule has 0 saturated carbocycles. The van der Waals surface area contributed by atoms with E-state index in [0.717, 1.165) is 12.8 Å². The first-order valence-electron chi connectivity index (χ1n) is 7.04. The molecule has 0 aromatic carbocycles. The normalized spacial score (nSPS) is 34.5. The molecule has 3 aliphatic heterocycles. The Labute approximate surface area is 116 Å². The molecule has 3 aliphatic rings. The fraction of sp³-hybridized carbons (Fsp3) is 0.769. The number of rotatable bonds is 4. The van der Waals surface area contributed by atoms with Gasteiger partial charge in [0, 0.05) is 6.54 Å². The maximum absolute atomic E-state index is 12.3. The number of hydrogen-bond donors (Lipinski definition) is 1. The van der Waals surface area contributed by atoms with Crippen LogP contribution in [0.3, 0.4) is 0 Å². The molecule has 0 aliphatic carbocycles. The molecule has 4 atom stereocenters. The summed E-state index contributed by atoms with van der Waals surface area (Å²) in [6.07, 6.45) is 0.976. The molecular weight excluding hydrogens is 264 g/mol. The summed E-state index contributed by atoms with van der Waals surface area (Å²) in [7, 11) is 0. The van der Waals surface area contributed by atoms with Crippen molar-refractivity contribution >= 4 is 17.9 Å². The molecule has 3 saturated heterocycles. The number of alkyl carbamates (subject to hydrolysis) is 1. The van der Waals surface area contributed by atoms with Gasteiger partial charge in [0.25, 0.3) is 0 Å². The van der Waals surface area contributed by atoms with E-state index in [1.807, 2.05) is 0 Å². The Balaban J connectivity index is 1.57. The van der Waals surface area contributed by atoms with Crippen LogP contribution in [0.15, 0.2) is 0 Å². The predicted octanol–water partition coefficient (Wildman–Crippen LogP) is -0.105. The Kier molecular flexibility index (Phi) is 3.37. The lowest BCUT2D eigenvalue weighted by Gasteiger charge is -2.17. The Morgan fingerprint density at radius 1 is 1.30 bits per heavy atom. The minimum Gasteiger partial charge on any atom is -0.448 e. The fourth-order valence-electron chi connectivity index (χ4n) is 3.42. The van der Waals surface area contributed by atoms with Crippen molar-refractivity contribution in [1.82, 2.24) is 10.2 Å².